The molecule has 0 radical (unpaired) electrons. The number of carbonyl (C=O) groups is 2. The molecule has 0 amide bonds. The zero-order valence-electron chi connectivity index (χ0n) is 63.7. The first kappa shape index (κ1) is 81.9. The van der Waals surface area contributed by atoms with E-state index in [0.29, 0.717) is 50.1 Å². The molecule has 4 aliphatic carbocycles. The van der Waals surface area contributed by atoms with E-state index in [4.69, 9.17) is 18.9 Å². The van der Waals surface area contributed by atoms with E-state index in [9.17, 15) is 9.59 Å². The Morgan fingerprint density at radius 2 is 0.446 bits per heavy atom. The second-order valence-corrected chi connectivity index (χ2v) is 35.5. The average Bonchev–Trinajstić information content (AvgIpc) is 4.60. The van der Waals surface area contributed by atoms with Crippen molar-refractivity contribution in [2.45, 2.75) is 378 Å². The first-order valence-corrected chi connectivity index (χ1v) is 41.7. The lowest BCUT2D eigenvalue weighted by atomic mass is 9.84. The van der Waals surface area contributed by atoms with Gasteiger partial charge in [-0.15, -0.1) is 0 Å². The summed E-state index contributed by atoms with van der Waals surface area (Å²) in [6, 6.07) is 0. The van der Waals surface area contributed by atoms with E-state index in [2.05, 4.69) is 83.1 Å². The number of fused-ring (bicyclic) bond motifs is 8. The summed E-state index contributed by atoms with van der Waals surface area (Å²) in [7, 11) is 0. The Morgan fingerprint density at radius 1 is 0.228 bits per heavy atom. The van der Waals surface area contributed by atoms with Gasteiger partial charge in [0, 0.05) is 26.4 Å². The van der Waals surface area contributed by atoms with Crippen LogP contribution >= 0.6 is 0 Å². The molecule has 0 N–H and O–H groups in total. The number of hydrogen-bond donors (Lipinski definition) is 0. The Labute approximate surface area is 574 Å². The van der Waals surface area contributed by atoms with Gasteiger partial charge >= 0.3 is 0 Å². The van der Waals surface area contributed by atoms with Gasteiger partial charge < -0.3 is 28.5 Å². The molecule has 5 fully saturated rings. The molecule has 5 aliphatic rings. The summed E-state index contributed by atoms with van der Waals surface area (Å²) in [5.41, 5.74) is 0. The Kier molecular flexibility index (Phi) is 43.5. The van der Waals surface area contributed by atoms with Crippen LogP contribution in [-0.4, -0.2) is 64.4 Å². The van der Waals surface area contributed by atoms with Crippen LogP contribution < -0.4 is 0 Å². The van der Waals surface area contributed by atoms with E-state index in [1.54, 1.807) is 0 Å². The molecule has 0 aromatic rings. The normalized spacial score (nSPS) is 40.5. The Balaban J connectivity index is 0.962. The van der Waals surface area contributed by atoms with Gasteiger partial charge in [-0.05, 0) is 195 Å². The van der Waals surface area contributed by atoms with E-state index >= 15 is 0 Å². The number of carbonyl (C=O) groups excluding carboxylic acids is 2. The summed E-state index contributed by atoms with van der Waals surface area (Å²) in [6.45, 7) is 33.6. The summed E-state index contributed by atoms with van der Waals surface area (Å²) in [4.78, 5) is 23.9. The van der Waals surface area contributed by atoms with Gasteiger partial charge in [-0.2, -0.15) is 0 Å². The van der Waals surface area contributed by atoms with Crippen LogP contribution in [0.5, 0.6) is 0 Å². The molecule has 6 heteroatoms. The first-order valence-electron chi connectivity index (χ1n) is 41.7. The van der Waals surface area contributed by atoms with Crippen LogP contribution in [-0.2, 0) is 28.5 Å². The fraction of sp³-hybridized carbons (Fsp3) is 0.977. The Bertz CT molecular complexity index is 1660. The van der Waals surface area contributed by atoms with Crippen molar-refractivity contribution in [3.8, 4) is 0 Å². The van der Waals surface area contributed by atoms with Crippen molar-refractivity contribution in [3.05, 3.63) is 0 Å². The van der Waals surface area contributed by atoms with Crippen molar-refractivity contribution >= 4 is 12.6 Å². The highest BCUT2D eigenvalue weighted by atomic mass is 16.5. The van der Waals surface area contributed by atoms with Crippen LogP contribution in [0.1, 0.15) is 366 Å². The maximum atomic E-state index is 11.9. The Morgan fingerprint density at radius 3 is 0.685 bits per heavy atom. The molecule has 92 heavy (non-hydrogen) atoms. The lowest BCUT2D eigenvalue weighted by Gasteiger charge is -2.22. The van der Waals surface area contributed by atoms with Crippen LogP contribution in [0.3, 0.4) is 0 Å². The fourth-order valence-corrected chi connectivity index (χ4v) is 19.0. The van der Waals surface area contributed by atoms with Crippen LogP contribution in [0.2, 0.25) is 0 Å². The van der Waals surface area contributed by atoms with Gasteiger partial charge in [-0.3, -0.25) is 0 Å². The number of hydrogen-bond acceptors (Lipinski definition) is 6. The number of rotatable bonds is 2. The zero-order valence-corrected chi connectivity index (χ0v) is 63.7. The predicted octanol–water partition coefficient (Wildman–Crippen LogP) is 25.0. The summed E-state index contributed by atoms with van der Waals surface area (Å²) >= 11 is 0. The number of ether oxygens (including phenoxy) is 4. The van der Waals surface area contributed by atoms with Gasteiger partial charge in [0.2, 0.25) is 0 Å². The summed E-state index contributed by atoms with van der Waals surface area (Å²) in [5.74, 6) is 17.1. The highest BCUT2D eigenvalue weighted by molar-refractivity contribution is 5.56. The summed E-state index contributed by atoms with van der Waals surface area (Å²) in [6.07, 6.45) is 61.6. The molecule has 0 aromatic carbocycles. The van der Waals surface area contributed by atoms with Crippen molar-refractivity contribution in [2.24, 2.45) is 118 Å². The van der Waals surface area contributed by atoms with Gasteiger partial charge in [-0.1, -0.05) is 289 Å². The van der Waals surface area contributed by atoms with E-state index in [-0.39, 0.29) is 0 Å². The first-order chi connectivity index (χ1) is 44.5. The van der Waals surface area contributed by atoms with Crippen LogP contribution in [0.25, 0.3) is 0 Å². The molecule has 1 saturated heterocycles. The third-order valence-electron chi connectivity index (χ3n) is 26.8. The minimum Gasteiger partial charge on any atom is -0.378 e. The fourth-order valence-electron chi connectivity index (χ4n) is 19.0. The molecular formula is C86H160O6. The van der Waals surface area contributed by atoms with Gasteiger partial charge in [0.1, 0.15) is 12.2 Å². The van der Waals surface area contributed by atoms with Gasteiger partial charge in [-0.25, -0.2) is 0 Å². The molecule has 1 heterocycles. The Hall–Kier alpha value is -0.820. The lowest BCUT2D eigenvalue weighted by Crippen LogP contribution is -2.23. The molecule has 4 saturated carbocycles. The van der Waals surface area contributed by atoms with E-state index < -0.39 is 12.2 Å². The van der Waals surface area contributed by atoms with Crippen LogP contribution in [0.15, 0.2) is 0 Å². The van der Waals surface area contributed by atoms with Crippen molar-refractivity contribution in [2.75, 3.05) is 39.6 Å². The molecule has 1 aliphatic heterocycles. The molecule has 6 nitrogen and oxygen atoms in total. The molecular weight excluding hydrogens is 1130 g/mol. The minimum atomic E-state index is -0.432. The van der Waals surface area contributed by atoms with Gasteiger partial charge in [0.25, 0.3) is 0 Å². The molecule has 22 atom stereocenters. The monoisotopic (exact) mass is 1290 g/mol. The van der Waals surface area contributed by atoms with Crippen molar-refractivity contribution in [1.82, 2.24) is 0 Å². The zero-order chi connectivity index (χ0) is 66.3. The minimum absolute atomic E-state index is 0.398. The van der Waals surface area contributed by atoms with Crippen molar-refractivity contribution in [3.63, 3.8) is 0 Å². The summed E-state index contributed by atoms with van der Waals surface area (Å²) in [5, 5.41) is 0. The highest BCUT2D eigenvalue weighted by Crippen LogP contribution is 2.44. The predicted molar refractivity (Wildman–Crippen MR) is 394 cm³/mol. The lowest BCUT2D eigenvalue weighted by molar-refractivity contribution is -0.123. The van der Waals surface area contributed by atoms with Crippen LogP contribution in [0, 0.1) is 118 Å². The topological polar surface area (TPSA) is 71.1 Å². The van der Waals surface area contributed by atoms with Crippen molar-refractivity contribution < 1.29 is 28.5 Å². The molecule has 22 unspecified atom stereocenters. The molecule has 0 spiro atoms. The quantitative estimate of drug-likeness (QED) is 0.257. The SMILES string of the molecule is CC1CCCC2CCC(C2)C(C)CCCC(C)CCC(C)CCCC(C)C2CCC(CCCC(C)CCOCC(C=O)OCCC(C)CCCC3CCC(C3)C(C)CCCC(C)CCC(C)CCCC(C)C3CCC(CCCC(C)CCOC(C=O)COCC1)C3)C2. The maximum absolute atomic E-state index is 11.9. The van der Waals surface area contributed by atoms with Crippen molar-refractivity contribution in [1.29, 1.82) is 0 Å². The molecule has 5 rings (SSSR count). The second-order valence-electron chi connectivity index (χ2n) is 35.5. The number of aldehydes is 2. The largest absolute Gasteiger partial charge is 0.378 e. The van der Waals surface area contributed by atoms with Gasteiger partial charge in [0.15, 0.2) is 12.6 Å². The average molecular weight is 1290 g/mol. The highest BCUT2D eigenvalue weighted by Gasteiger charge is 2.32. The van der Waals surface area contributed by atoms with E-state index in [1.807, 2.05) is 0 Å². The third-order valence-corrected chi connectivity index (χ3v) is 26.8. The molecule has 8 bridgehead atoms. The maximum Gasteiger partial charge on any atom is 0.151 e. The third kappa shape index (κ3) is 35.8. The smallest absolute Gasteiger partial charge is 0.151 e. The summed E-state index contributed by atoms with van der Waals surface area (Å²) < 4.78 is 24.2. The van der Waals surface area contributed by atoms with E-state index in [0.717, 1.165) is 146 Å². The second kappa shape index (κ2) is 48.8. The van der Waals surface area contributed by atoms with Crippen LogP contribution in [0.4, 0.5) is 0 Å². The van der Waals surface area contributed by atoms with Gasteiger partial charge in [0.05, 0.1) is 13.2 Å². The molecule has 540 valence electrons. The standard InChI is InChI=1S/C86H160O6/c1-65-21-13-29-73(9)81-45-41-77(57-81)33-17-25-69(5)49-53-89-63-85(61-87)91-55-51-71(7)27-19-35-79-43-47-83(59-79)75(11)31-15-23-67(3)39-40-68(4)24-16-32-76(12)84-48-44-80(60-84)36-20-28-72(8)52-56-92-86(62-88)64-90-54-50-70(6)26-18-34-78-42-46-82(58-78)74(10)30-14-22-66(2)38-37-65/h61-62,65-86H,13-60,63-64H2,1-12H3. The molecule has 0 aromatic heterocycles. The van der Waals surface area contributed by atoms with E-state index in [1.165, 1.54) is 257 Å².